The van der Waals surface area contributed by atoms with E-state index in [4.69, 9.17) is 34.8 Å². The van der Waals surface area contributed by atoms with Gasteiger partial charge in [-0.15, -0.1) is 0 Å². The standard InChI is InChI=1S/C22H16Cl3O3P/c1-13-7-6-10-16(23)18(13)22(27)29(28,21(26)15-8-4-3-5-9-15)20-17(24)12-11-14(2)19(20)25/h3-12H,1-2H3. The van der Waals surface area contributed by atoms with Gasteiger partial charge in [0.05, 0.1) is 20.4 Å². The highest BCUT2D eigenvalue weighted by Gasteiger charge is 2.46. The summed E-state index contributed by atoms with van der Waals surface area (Å²) >= 11 is 19.0. The molecule has 0 amide bonds. The molecule has 3 aromatic rings. The summed E-state index contributed by atoms with van der Waals surface area (Å²) in [5, 5.41) is -0.0237. The number of hydrogen-bond donors (Lipinski definition) is 0. The van der Waals surface area contributed by atoms with Crippen LogP contribution in [0.2, 0.25) is 15.1 Å². The maximum absolute atomic E-state index is 14.4. The van der Waals surface area contributed by atoms with Gasteiger partial charge in [0.2, 0.25) is 11.0 Å². The maximum Gasteiger partial charge on any atom is 0.251 e. The fourth-order valence-electron chi connectivity index (χ4n) is 3.05. The molecule has 0 saturated heterocycles. The third-order valence-corrected chi connectivity index (χ3v) is 8.70. The summed E-state index contributed by atoms with van der Waals surface area (Å²) in [7, 11) is -4.48. The van der Waals surface area contributed by atoms with E-state index in [-0.39, 0.29) is 31.5 Å². The Hall–Kier alpha value is -1.90. The molecule has 7 heteroatoms. The Morgan fingerprint density at radius 2 is 1.38 bits per heavy atom. The van der Waals surface area contributed by atoms with Crippen molar-refractivity contribution in [3.05, 3.63) is 98.0 Å². The van der Waals surface area contributed by atoms with Gasteiger partial charge in [-0.25, -0.2) is 0 Å². The van der Waals surface area contributed by atoms with Gasteiger partial charge in [-0.3, -0.25) is 9.59 Å². The number of aryl methyl sites for hydroxylation is 2. The van der Waals surface area contributed by atoms with Gasteiger partial charge < -0.3 is 4.57 Å². The van der Waals surface area contributed by atoms with Gasteiger partial charge in [0.15, 0.2) is 0 Å². The Morgan fingerprint density at radius 3 is 2.00 bits per heavy atom. The van der Waals surface area contributed by atoms with Gasteiger partial charge in [-0.2, -0.15) is 0 Å². The van der Waals surface area contributed by atoms with E-state index in [2.05, 4.69) is 0 Å². The van der Waals surface area contributed by atoms with Crippen LogP contribution < -0.4 is 5.30 Å². The third kappa shape index (κ3) is 3.81. The number of carbonyl (C=O) groups excluding carboxylic acids is 2. The first-order chi connectivity index (χ1) is 13.7. The molecule has 1 atom stereocenters. The SMILES string of the molecule is Cc1ccc(Cl)c(P(=O)(C(=O)c2ccccc2)C(=O)c2c(C)cccc2Cl)c1Cl. The molecule has 0 bridgehead atoms. The number of benzene rings is 3. The summed E-state index contributed by atoms with van der Waals surface area (Å²) in [6, 6.07) is 15.9. The van der Waals surface area contributed by atoms with Gasteiger partial charge in [0, 0.05) is 11.1 Å². The van der Waals surface area contributed by atoms with Gasteiger partial charge in [-0.05, 0) is 37.1 Å². The maximum atomic E-state index is 14.4. The average molecular weight is 466 g/mol. The van der Waals surface area contributed by atoms with Crippen molar-refractivity contribution in [1.29, 1.82) is 0 Å². The van der Waals surface area contributed by atoms with Crippen LogP contribution in [-0.2, 0) is 4.57 Å². The second kappa shape index (κ2) is 8.45. The van der Waals surface area contributed by atoms with Crippen molar-refractivity contribution in [2.24, 2.45) is 0 Å². The summed E-state index contributed by atoms with van der Waals surface area (Å²) in [5.74, 6) is 0. The topological polar surface area (TPSA) is 51.2 Å². The molecular weight excluding hydrogens is 450 g/mol. The van der Waals surface area contributed by atoms with E-state index in [0.29, 0.717) is 11.1 Å². The van der Waals surface area contributed by atoms with Crippen molar-refractivity contribution in [1.82, 2.24) is 0 Å². The first-order valence-corrected chi connectivity index (χ1v) is 11.5. The molecular formula is C22H16Cl3O3P. The van der Waals surface area contributed by atoms with Crippen LogP contribution in [-0.4, -0.2) is 11.0 Å². The van der Waals surface area contributed by atoms with Gasteiger partial charge in [0.25, 0.3) is 7.14 Å². The molecule has 3 nitrogen and oxygen atoms in total. The number of hydrogen-bond acceptors (Lipinski definition) is 3. The predicted molar refractivity (Wildman–Crippen MR) is 120 cm³/mol. The Kier molecular flexibility index (Phi) is 6.36. The Balaban J connectivity index is 2.38. The minimum absolute atomic E-state index is 0.00808. The van der Waals surface area contributed by atoms with Crippen LogP contribution in [0.15, 0.2) is 60.7 Å². The summed E-state index contributed by atoms with van der Waals surface area (Å²) in [6.07, 6.45) is 0. The van der Waals surface area contributed by atoms with Gasteiger partial charge in [-0.1, -0.05) is 83.3 Å². The van der Waals surface area contributed by atoms with Crippen molar-refractivity contribution in [2.75, 3.05) is 0 Å². The quantitative estimate of drug-likeness (QED) is 0.384. The molecule has 0 saturated carbocycles. The molecule has 3 aromatic carbocycles. The molecule has 29 heavy (non-hydrogen) atoms. The number of halogens is 3. The van der Waals surface area contributed by atoms with Crippen LogP contribution in [0.3, 0.4) is 0 Å². The molecule has 1 unspecified atom stereocenters. The molecule has 3 rings (SSSR count). The smallest absolute Gasteiger partial charge is 0.251 e. The van der Waals surface area contributed by atoms with Crippen LogP contribution in [0.1, 0.15) is 31.8 Å². The van der Waals surface area contributed by atoms with Crippen molar-refractivity contribution < 1.29 is 14.2 Å². The molecule has 0 aliphatic heterocycles. The highest BCUT2D eigenvalue weighted by molar-refractivity contribution is 8.01. The lowest BCUT2D eigenvalue weighted by Gasteiger charge is -2.21. The summed E-state index contributed by atoms with van der Waals surface area (Å²) in [4.78, 5) is 27.1. The second-order valence-electron chi connectivity index (χ2n) is 6.54. The largest absolute Gasteiger partial charge is 0.302 e. The Morgan fingerprint density at radius 1 is 0.724 bits per heavy atom. The fourth-order valence-corrected chi connectivity index (χ4v) is 7.05. The van der Waals surface area contributed by atoms with Crippen molar-refractivity contribution >= 4 is 58.3 Å². The van der Waals surface area contributed by atoms with E-state index in [0.717, 1.165) is 0 Å². The van der Waals surface area contributed by atoms with E-state index >= 15 is 0 Å². The third-order valence-electron chi connectivity index (χ3n) is 4.60. The van der Waals surface area contributed by atoms with E-state index in [1.165, 1.54) is 24.3 Å². The molecule has 0 aromatic heterocycles. The van der Waals surface area contributed by atoms with E-state index < -0.39 is 18.2 Å². The number of rotatable bonds is 5. The van der Waals surface area contributed by atoms with Crippen LogP contribution in [0, 0.1) is 13.8 Å². The van der Waals surface area contributed by atoms with Crippen molar-refractivity contribution in [3.63, 3.8) is 0 Å². The lowest BCUT2D eigenvalue weighted by molar-refractivity contribution is 0.104. The average Bonchev–Trinajstić information content (AvgIpc) is 2.70. The molecule has 0 aliphatic carbocycles. The Labute approximate surface area is 184 Å². The van der Waals surface area contributed by atoms with Crippen LogP contribution in [0.25, 0.3) is 0 Å². The highest BCUT2D eigenvalue weighted by Crippen LogP contribution is 2.55. The van der Waals surface area contributed by atoms with Gasteiger partial charge >= 0.3 is 0 Å². The molecule has 0 N–H and O–H groups in total. The molecule has 0 heterocycles. The lowest BCUT2D eigenvalue weighted by Crippen LogP contribution is -2.23. The first-order valence-electron chi connectivity index (χ1n) is 8.64. The van der Waals surface area contributed by atoms with Crippen molar-refractivity contribution in [2.45, 2.75) is 13.8 Å². The Bertz CT molecular complexity index is 1150. The molecule has 0 fully saturated rings. The highest BCUT2D eigenvalue weighted by atomic mass is 35.5. The van der Waals surface area contributed by atoms with E-state index in [1.54, 1.807) is 50.2 Å². The fraction of sp³-hybridized carbons (Fsp3) is 0.0909. The van der Waals surface area contributed by atoms with Crippen LogP contribution >= 0.6 is 41.9 Å². The molecule has 0 radical (unpaired) electrons. The number of carbonyl (C=O) groups is 2. The second-order valence-corrected chi connectivity index (χ2v) is 10.2. The molecule has 0 aliphatic rings. The summed E-state index contributed by atoms with van der Waals surface area (Å²) in [6.45, 7) is 3.35. The van der Waals surface area contributed by atoms with Crippen molar-refractivity contribution in [3.8, 4) is 0 Å². The zero-order valence-corrected chi connectivity index (χ0v) is 18.7. The zero-order valence-electron chi connectivity index (χ0n) is 15.6. The van der Waals surface area contributed by atoms with E-state index in [9.17, 15) is 14.2 Å². The van der Waals surface area contributed by atoms with Gasteiger partial charge in [0.1, 0.15) is 0 Å². The van der Waals surface area contributed by atoms with Crippen LogP contribution in [0.5, 0.6) is 0 Å². The molecule has 0 spiro atoms. The van der Waals surface area contributed by atoms with Crippen LogP contribution in [0.4, 0.5) is 0 Å². The summed E-state index contributed by atoms with van der Waals surface area (Å²) in [5.41, 5.74) is -0.516. The minimum Gasteiger partial charge on any atom is -0.302 e. The first kappa shape index (κ1) is 21.8. The summed E-state index contributed by atoms with van der Waals surface area (Å²) < 4.78 is 14.4. The zero-order chi connectivity index (χ0) is 21.3. The lowest BCUT2D eigenvalue weighted by atomic mass is 10.1. The normalized spacial score (nSPS) is 13.0. The minimum atomic E-state index is -4.48. The molecule has 148 valence electrons. The predicted octanol–water partition coefficient (Wildman–Crippen LogP) is 6.93. The van der Waals surface area contributed by atoms with E-state index in [1.807, 2.05) is 0 Å². The monoisotopic (exact) mass is 464 g/mol.